The lowest BCUT2D eigenvalue weighted by Gasteiger charge is -2.17. The fraction of sp³-hybridized carbons (Fsp3) is 0. The molecule has 0 unspecified atom stereocenters. The van der Waals surface area contributed by atoms with Gasteiger partial charge in [0.25, 0.3) is 0 Å². The van der Waals surface area contributed by atoms with Gasteiger partial charge in [0.1, 0.15) is 11.2 Å². The molecule has 0 aliphatic carbocycles. The van der Waals surface area contributed by atoms with Crippen molar-refractivity contribution in [3.05, 3.63) is 176 Å². The number of hydrogen-bond donors (Lipinski definition) is 0. The average Bonchev–Trinajstić information content (AvgIpc) is 3.73. The second-order valence-corrected chi connectivity index (χ2v) is 14.0. The van der Waals surface area contributed by atoms with Crippen LogP contribution < -0.4 is 0 Å². The number of nitrogens with zero attached hydrogens (tertiary/aromatic N) is 1. The molecule has 0 N–H and O–H groups in total. The standard InChI is InChI=1S/C50H29NO/c1-2-11-34(12-3-1)51-45-16-7-6-14-39(45)42-28-44-43-27-33(21-26-47(43)52-48(44)29-46(42)51)36-22-17-31-20-25-41-38(23-18-32-19-24-40(36)49(31)50(32)41)37-15-8-10-30-9-4-5-13-35(30)37/h1-29H. The monoisotopic (exact) mass is 659 g/mol. The highest BCUT2D eigenvalue weighted by Crippen LogP contribution is 2.45. The van der Waals surface area contributed by atoms with E-state index in [9.17, 15) is 0 Å². The van der Waals surface area contributed by atoms with E-state index in [4.69, 9.17) is 4.42 Å². The quantitative estimate of drug-likeness (QED) is 0.173. The Bertz CT molecular complexity index is 3390. The molecular formula is C50H29NO. The molecule has 12 aromatic rings. The SMILES string of the molecule is c1ccc(-n2c3ccccc3c3cc4c(cc32)oc2ccc(-c3ccc5ccc6c(-c7cccc8ccccc78)ccc7ccc3c5c76)cc24)cc1. The van der Waals surface area contributed by atoms with Gasteiger partial charge in [0.05, 0.1) is 11.0 Å². The van der Waals surface area contributed by atoms with Crippen LogP contribution in [0.3, 0.4) is 0 Å². The first-order valence-corrected chi connectivity index (χ1v) is 17.9. The van der Waals surface area contributed by atoms with Gasteiger partial charge < -0.3 is 8.98 Å². The van der Waals surface area contributed by atoms with E-state index in [1.54, 1.807) is 0 Å². The highest BCUT2D eigenvalue weighted by Gasteiger charge is 2.19. The number of para-hydroxylation sites is 2. The minimum Gasteiger partial charge on any atom is -0.456 e. The van der Waals surface area contributed by atoms with Crippen LogP contribution in [0.4, 0.5) is 0 Å². The van der Waals surface area contributed by atoms with Gasteiger partial charge in [-0.3, -0.25) is 0 Å². The third kappa shape index (κ3) is 3.78. The first-order chi connectivity index (χ1) is 25.8. The van der Waals surface area contributed by atoms with Crippen LogP contribution in [-0.4, -0.2) is 4.57 Å². The van der Waals surface area contributed by atoms with Crippen molar-refractivity contribution in [1.29, 1.82) is 0 Å². The summed E-state index contributed by atoms with van der Waals surface area (Å²) in [5.41, 5.74) is 10.3. The topological polar surface area (TPSA) is 18.1 Å². The Morgan fingerprint density at radius 2 is 0.981 bits per heavy atom. The zero-order valence-corrected chi connectivity index (χ0v) is 28.1. The Labute approximate surface area is 298 Å². The van der Waals surface area contributed by atoms with E-state index in [1.807, 2.05) is 0 Å². The lowest BCUT2D eigenvalue weighted by Crippen LogP contribution is -1.92. The molecule has 0 saturated carbocycles. The van der Waals surface area contributed by atoms with Crippen molar-refractivity contribution >= 4 is 86.8 Å². The fourth-order valence-corrected chi connectivity index (χ4v) is 9.01. The molecule has 240 valence electrons. The Morgan fingerprint density at radius 3 is 1.83 bits per heavy atom. The number of fused-ring (bicyclic) bond motifs is 7. The summed E-state index contributed by atoms with van der Waals surface area (Å²) in [4.78, 5) is 0. The van der Waals surface area contributed by atoms with Crippen LogP contribution in [0.2, 0.25) is 0 Å². The normalized spacial score (nSPS) is 12.2. The molecular weight excluding hydrogens is 631 g/mol. The lowest BCUT2D eigenvalue weighted by molar-refractivity contribution is 0.669. The van der Waals surface area contributed by atoms with Gasteiger partial charge in [0.15, 0.2) is 0 Å². The van der Waals surface area contributed by atoms with Crippen molar-refractivity contribution in [3.63, 3.8) is 0 Å². The van der Waals surface area contributed by atoms with Crippen molar-refractivity contribution in [3.8, 4) is 27.9 Å². The van der Waals surface area contributed by atoms with E-state index in [-0.39, 0.29) is 0 Å². The largest absolute Gasteiger partial charge is 0.456 e. The van der Waals surface area contributed by atoms with E-state index in [0.29, 0.717) is 0 Å². The van der Waals surface area contributed by atoms with Crippen molar-refractivity contribution in [2.24, 2.45) is 0 Å². The smallest absolute Gasteiger partial charge is 0.137 e. The zero-order valence-electron chi connectivity index (χ0n) is 28.1. The van der Waals surface area contributed by atoms with E-state index in [1.165, 1.54) is 81.6 Å². The maximum Gasteiger partial charge on any atom is 0.137 e. The molecule has 0 fully saturated rings. The third-order valence-electron chi connectivity index (χ3n) is 11.3. The minimum absolute atomic E-state index is 0.899. The summed E-state index contributed by atoms with van der Waals surface area (Å²) in [5.74, 6) is 0. The van der Waals surface area contributed by atoms with E-state index >= 15 is 0 Å². The van der Waals surface area contributed by atoms with Gasteiger partial charge in [0, 0.05) is 33.3 Å². The Balaban J connectivity index is 1.08. The van der Waals surface area contributed by atoms with Gasteiger partial charge in [-0.25, -0.2) is 0 Å². The van der Waals surface area contributed by atoms with Crippen molar-refractivity contribution in [2.45, 2.75) is 0 Å². The highest BCUT2D eigenvalue weighted by molar-refractivity contribution is 6.28. The number of benzene rings is 10. The van der Waals surface area contributed by atoms with Crippen molar-refractivity contribution in [2.75, 3.05) is 0 Å². The van der Waals surface area contributed by atoms with Gasteiger partial charge in [-0.15, -0.1) is 0 Å². The summed E-state index contributed by atoms with van der Waals surface area (Å²) in [6.07, 6.45) is 0. The van der Waals surface area contributed by atoms with Crippen LogP contribution in [0, 0.1) is 0 Å². The summed E-state index contributed by atoms with van der Waals surface area (Å²) in [6, 6.07) is 64.3. The molecule has 0 aliphatic heterocycles. The van der Waals surface area contributed by atoms with E-state index in [0.717, 1.165) is 33.1 Å². The maximum absolute atomic E-state index is 6.59. The molecule has 0 spiro atoms. The molecule has 52 heavy (non-hydrogen) atoms. The Morgan fingerprint density at radius 1 is 0.327 bits per heavy atom. The average molecular weight is 660 g/mol. The first-order valence-electron chi connectivity index (χ1n) is 17.9. The first kappa shape index (κ1) is 27.9. The van der Waals surface area contributed by atoms with Crippen LogP contribution in [0.25, 0.3) is 115 Å². The molecule has 0 amide bonds. The second-order valence-electron chi connectivity index (χ2n) is 14.0. The molecule has 2 nitrogen and oxygen atoms in total. The molecule has 2 aromatic heterocycles. The van der Waals surface area contributed by atoms with Crippen LogP contribution >= 0.6 is 0 Å². The number of rotatable bonds is 3. The molecule has 0 aliphatic rings. The van der Waals surface area contributed by atoms with Crippen molar-refractivity contribution in [1.82, 2.24) is 4.57 Å². The Hall–Kier alpha value is -6.90. The van der Waals surface area contributed by atoms with Crippen LogP contribution in [-0.2, 0) is 0 Å². The van der Waals surface area contributed by atoms with Crippen LogP contribution in [0.1, 0.15) is 0 Å². The zero-order chi connectivity index (χ0) is 33.9. The van der Waals surface area contributed by atoms with E-state index < -0.39 is 0 Å². The molecule has 0 saturated heterocycles. The molecule has 0 radical (unpaired) electrons. The van der Waals surface area contributed by atoms with E-state index in [2.05, 4.69) is 180 Å². The maximum atomic E-state index is 6.59. The molecule has 0 atom stereocenters. The summed E-state index contributed by atoms with van der Waals surface area (Å²) >= 11 is 0. The molecule has 0 bridgehead atoms. The minimum atomic E-state index is 0.899. The second kappa shape index (κ2) is 10.3. The van der Waals surface area contributed by atoms with Gasteiger partial charge in [-0.2, -0.15) is 0 Å². The highest BCUT2D eigenvalue weighted by atomic mass is 16.3. The summed E-state index contributed by atoms with van der Waals surface area (Å²) in [7, 11) is 0. The summed E-state index contributed by atoms with van der Waals surface area (Å²) in [6.45, 7) is 0. The van der Waals surface area contributed by atoms with Gasteiger partial charge in [-0.1, -0.05) is 133 Å². The Kier molecular flexibility index (Phi) is 5.53. The van der Waals surface area contributed by atoms with Gasteiger partial charge in [-0.05, 0) is 102 Å². The molecule has 2 heteroatoms. The third-order valence-corrected chi connectivity index (χ3v) is 11.3. The molecule has 2 heterocycles. The predicted molar refractivity (Wildman–Crippen MR) is 220 cm³/mol. The van der Waals surface area contributed by atoms with Crippen LogP contribution in [0.15, 0.2) is 180 Å². The predicted octanol–water partition coefficient (Wildman–Crippen LogP) is 14.1. The lowest BCUT2D eigenvalue weighted by atomic mass is 9.86. The van der Waals surface area contributed by atoms with Gasteiger partial charge in [0.2, 0.25) is 0 Å². The molecule has 12 rings (SSSR count). The molecule has 10 aromatic carbocycles. The van der Waals surface area contributed by atoms with Crippen LogP contribution in [0.5, 0.6) is 0 Å². The summed E-state index contributed by atoms with van der Waals surface area (Å²) < 4.78 is 8.94. The van der Waals surface area contributed by atoms with Crippen molar-refractivity contribution < 1.29 is 4.42 Å². The number of aromatic nitrogens is 1. The number of furan rings is 1. The fourth-order valence-electron chi connectivity index (χ4n) is 9.01. The number of hydrogen-bond acceptors (Lipinski definition) is 1. The van der Waals surface area contributed by atoms with Gasteiger partial charge >= 0.3 is 0 Å². The summed E-state index contributed by atoms with van der Waals surface area (Å²) in [5, 5.41) is 15.0.